The highest BCUT2D eigenvalue weighted by Crippen LogP contribution is 2.24. The molecule has 0 bridgehead atoms. The number of thiophene rings is 1. The minimum atomic E-state index is -0.532. The van der Waals surface area contributed by atoms with E-state index < -0.39 is 6.10 Å². The maximum Gasteiger partial charge on any atom is 0.148 e. The van der Waals surface area contributed by atoms with Crippen LogP contribution in [-0.4, -0.2) is 21.4 Å². The summed E-state index contributed by atoms with van der Waals surface area (Å²) < 4.78 is 1.87. The summed E-state index contributed by atoms with van der Waals surface area (Å²) >= 11 is 1.58. The predicted octanol–water partition coefficient (Wildman–Crippen LogP) is 2.39. The third kappa shape index (κ3) is 3.08. The number of nitrogens with one attached hydrogen (secondary N) is 1. The highest BCUT2D eigenvalue weighted by atomic mass is 32.1. The molecule has 2 rings (SSSR count). The number of aryl methyl sites for hydroxylation is 2. The molecule has 2 heterocycles. The Kier molecular flexibility index (Phi) is 4.44. The molecule has 6 heteroatoms. The van der Waals surface area contributed by atoms with Crippen LogP contribution in [0.3, 0.4) is 0 Å². The number of hydrogen-bond donors (Lipinski definition) is 3. The molecule has 0 aliphatic heterocycles. The van der Waals surface area contributed by atoms with Crippen LogP contribution in [0.5, 0.6) is 0 Å². The zero-order valence-electron chi connectivity index (χ0n) is 11.3. The van der Waals surface area contributed by atoms with Crippen molar-refractivity contribution >= 4 is 22.8 Å². The molecule has 0 spiro atoms. The van der Waals surface area contributed by atoms with Gasteiger partial charge in [-0.1, -0.05) is 6.92 Å². The lowest BCUT2D eigenvalue weighted by Crippen LogP contribution is -2.15. The maximum atomic E-state index is 10.1. The van der Waals surface area contributed by atoms with Gasteiger partial charge in [0.05, 0.1) is 17.5 Å². The van der Waals surface area contributed by atoms with Crippen LogP contribution in [0.2, 0.25) is 0 Å². The molecule has 2 aromatic heterocycles. The van der Waals surface area contributed by atoms with Crippen LogP contribution in [0.1, 0.15) is 30.7 Å². The molecule has 0 radical (unpaired) electrons. The fourth-order valence-electron chi connectivity index (χ4n) is 1.93. The predicted molar refractivity (Wildman–Crippen MR) is 79.4 cm³/mol. The summed E-state index contributed by atoms with van der Waals surface area (Å²) in [5.74, 6) is 0.800. The molecule has 0 fully saturated rings. The van der Waals surface area contributed by atoms with Crippen LogP contribution < -0.4 is 11.1 Å². The maximum absolute atomic E-state index is 10.1. The molecule has 4 N–H and O–H groups in total. The van der Waals surface area contributed by atoms with Crippen LogP contribution in [0, 0.1) is 6.92 Å². The van der Waals surface area contributed by atoms with Crippen LogP contribution in [0.15, 0.2) is 16.8 Å². The quantitative estimate of drug-likeness (QED) is 0.759. The Balaban J connectivity index is 2.06. The van der Waals surface area contributed by atoms with Crippen molar-refractivity contribution < 1.29 is 5.11 Å². The lowest BCUT2D eigenvalue weighted by Gasteiger charge is -2.13. The van der Waals surface area contributed by atoms with Crippen molar-refractivity contribution in [1.82, 2.24) is 9.78 Å². The summed E-state index contributed by atoms with van der Waals surface area (Å²) in [6.07, 6.45) is 0.457. The smallest absolute Gasteiger partial charge is 0.148 e. The summed E-state index contributed by atoms with van der Waals surface area (Å²) in [5.41, 5.74) is 8.42. The fraction of sp³-hybridized carbons (Fsp3) is 0.462. The molecule has 0 aliphatic carbocycles. The lowest BCUT2D eigenvalue weighted by molar-refractivity contribution is 0.192. The van der Waals surface area contributed by atoms with E-state index in [1.54, 1.807) is 11.3 Å². The highest BCUT2D eigenvalue weighted by molar-refractivity contribution is 7.07. The molecule has 104 valence electrons. The molecule has 0 aliphatic rings. The Morgan fingerprint density at radius 1 is 1.58 bits per heavy atom. The molecule has 0 aromatic carbocycles. The summed E-state index contributed by atoms with van der Waals surface area (Å²) in [7, 11) is 0. The summed E-state index contributed by atoms with van der Waals surface area (Å²) in [4.78, 5) is 0. The Hall–Kier alpha value is -1.53. The van der Waals surface area contributed by atoms with Gasteiger partial charge in [0, 0.05) is 13.1 Å². The first-order valence-electron chi connectivity index (χ1n) is 6.40. The standard InChI is InChI=1S/C13H20N4OS/c1-3-5-17-13(12(14)9(2)16-17)15-7-11(18)10-4-6-19-8-10/h4,6,8,11,15,18H,3,5,7,14H2,1-2H3. The van der Waals surface area contributed by atoms with Gasteiger partial charge in [-0.2, -0.15) is 16.4 Å². The first kappa shape index (κ1) is 13.9. The number of hydrogen-bond acceptors (Lipinski definition) is 5. The number of nitrogen functional groups attached to an aromatic ring is 1. The first-order valence-corrected chi connectivity index (χ1v) is 7.34. The van der Waals surface area contributed by atoms with Crippen molar-refractivity contribution in [2.24, 2.45) is 0 Å². The molecule has 0 saturated heterocycles. The topological polar surface area (TPSA) is 76.1 Å². The second-order valence-electron chi connectivity index (χ2n) is 4.52. The van der Waals surface area contributed by atoms with Crippen LogP contribution in [-0.2, 0) is 6.54 Å². The van der Waals surface area contributed by atoms with Gasteiger partial charge in [-0.3, -0.25) is 0 Å². The molecular weight excluding hydrogens is 260 g/mol. The number of rotatable bonds is 6. The first-order chi connectivity index (χ1) is 9.13. The van der Waals surface area contributed by atoms with Gasteiger partial charge in [0.25, 0.3) is 0 Å². The minimum absolute atomic E-state index is 0.426. The second kappa shape index (κ2) is 6.08. The normalized spacial score (nSPS) is 12.6. The summed E-state index contributed by atoms with van der Waals surface area (Å²) in [6, 6.07) is 1.93. The molecule has 2 aromatic rings. The van der Waals surface area contributed by atoms with Crippen LogP contribution >= 0.6 is 11.3 Å². The highest BCUT2D eigenvalue weighted by Gasteiger charge is 2.14. The van der Waals surface area contributed by atoms with E-state index in [0.717, 1.165) is 30.0 Å². The average molecular weight is 280 g/mol. The van der Waals surface area contributed by atoms with E-state index >= 15 is 0 Å². The minimum Gasteiger partial charge on any atom is -0.394 e. The number of aliphatic hydroxyl groups excluding tert-OH is 1. The lowest BCUT2D eigenvalue weighted by atomic mass is 10.2. The third-order valence-corrected chi connectivity index (χ3v) is 3.70. The number of aromatic nitrogens is 2. The summed E-state index contributed by atoms with van der Waals surface area (Å²) in [5, 5.41) is 21.6. The molecule has 19 heavy (non-hydrogen) atoms. The SMILES string of the molecule is CCCn1nc(C)c(N)c1NCC(O)c1ccsc1. The van der Waals surface area contributed by atoms with Crippen molar-refractivity contribution in [1.29, 1.82) is 0 Å². The van der Waals surface area contributed by atoms with Crippen molar-refractivity contribution in [2.45, 2.75) is 32.9 Å². The Labute approximate surface area is 117 Å². The zero-order chi connectivity index (χ0) is 13.8. The number of nitrogens with zero attached hydrogens (tertiary/aromatic N) is 2. The monoisotopic (exact) mass is 280 g/mol. The van der Waals surface area contributed by atoms with E-state index in [4.69, 9.17) is 5.73 Å². The van der Waals surface area contributed by atoms with Crippen molar-refractivity contribution in [2.75, 3.05) is 17.6 Å². The van der Waals surface area contributed by atoms with E-state index in [1.165, 1.54) is 0 Å². The van der Waals surface area contributed by atoms with Crippen LogP contribution in [0.25, 0.3) is 0 Å². The third-order valence-electron chi connectivity index (χ3n) is 3.00. The van der Waals surface area contributed by atoms with Gasteiger partial charge in [0.2, 0.25) is 0 Å². The van der Waals surface area contributed by atoms with Gasteiger partial charge in [0.1, 0.15) is 5.82 Å². The van der Waals surface area contributed by atoms with Gasteiger partial charge in [-0.25, -0.2) is 4.68 Å². The number of anilines is 2. The van der Waals surface area contributed by atoms with E-state index in [9.17, 15) is 5.11 Å². The Bertz CT molecular complexity index is 521. The van der Waals surface area contributed by atoms with E-state index in [0.29, 0.717) is 12.2 Å². The van der Waals surface area contributed by atoms with E-state index in [2.05, 4.69) is 17.3 Å². The van der Waals surface area contributed by atoms with Gasteiger partial charge in [0.15, 0.2) is 0 Å². The molecule has 0 amide bonds. The molecular formula is C13H20N4OS. The Morgan fingerprint density at radius 2 is 2.37 bits per heavy atom. The summed E-state index contributed by atoms with van der Waals surface area (Å²) in [6.45, 7) is 5.23. The van der Waals surface area contributed by atoms with Crippen molar-refractivity contribution in [3.63, 3.8) is 0 Å². The molecule has 0 saturated carbocycles. The van der Waals surface area contributed by atoms with Gasteiger partial charge < -0.3 is 16.2 Å². The van der Waals surface area contributed by atoms with Crippen molar-refractivity contribution in [3.05, 3.63) is 28.1 Å². The molecule has 1 unspecified atom stereocenters. The van der Waals surface area contributed by atoms with E-state index in [-0.39, 0.29) is 0 Å². The second-order valence-corrected chi connectivity index (χ2v) is 5.30. The average Bonchev–Trinajstić information content (AvgIpc) is 2.99. The van der Waals surface area contributed by atoms with Gasteiger partial charge in [-0.05, 0) is 35.7 Å². The van der Waals surface area contributed by atoms with E-state index in [1.807, 2.05) is 28.4 Å². The fourth-order valence-corrected chi connectivity index (χ4v) is 2.64. The Morgan fingerprint density at radius 3 is 3.00 bits per heavy atom. The largest absolute Gasteiger partial charge is 0.394 e. The molecule has 5 nitrogen and oxygen atoms in total. The van der Waals surface area contributed by atoms with Gasteiger partial charge in [-0.15, -0.1) is 0 Å². The van der Waals surface area contributed by atoms with Crippen LogP contribution in [0.4, 0.5) is 11.5 Å². The zero-order valence-corrected chi connectivity index (χ0v) is 12.1. The van der Waals surface area contributed by atoms with Gasteiger partial charge >= 0.3 is 0 Å². The molecule has 1 atom stereocenters. The van der Waals surface area contributed by atoms with Crippen molar-refractivity contribution in [3.8, 4) is 0 Å². The number of aliphatic hydroxyl groups is 1. The number of nitrogens with two attached hydrogens (primary N) is 1.